The third-order valence-electron chi connectivity index (χ3n) is 5.80. The van der Waals surface area contributed by atoms with Gasteiger partial charge in [0.25, 0.3) is 5.91 Å². The molecule has 0 radical (unpaired) electrons. The highest BCUT2D eigenvalue weighted by atomic mass is 35.5. The Labute approximate surface area is 184 Å². The molecule has 1 fully saturated rings. The summed E-state index contributed by atoms with van der Waals surface area (Å²) in [5.74, 6) is -0.412. The fourth-order valence-corrected chi connectivity index (χ4v) is 4.19. The van der Waals surface area contributed by atoms with Crippen molar-refractivity contribution < 1.29 is 13.9 Å². The number of para-hydroxylation sites is 1. The topological polar surface area (TPSA) is 63.5 Å². The summed E-state index contributed by atoms with van der Waals surface area (Å²) < 4.78 is 21.8. The minimum Gasteiger partial charge on any atom is -0.366 e. The van der Waals surface area contributed by atoms with Crippen molar-refractivity contribution in [2.45, 2.75) is 19.3 Å². The van der Waals surface area contributed by atoms with Crippen molar-refractivity contribution in [2.75, 3.05) is 31.1 Å². The average molecular weight is 442 g/mol. The zero-order valence-electron chi connectivity index (χ0n) is 16.7. The van der Waals surface area contributed by atoms with Crippen LogP contribution in [-0.2, 0) is 17.9 Å². The number of carbonyl (C=O) groups excluding carboxylic acids is 1. The van der Waals surface area contributed by atoms with Gasteiger partial charge in [0.15, 0.2) is 5.69 Å². The van der Waals surface area contributed by atoms with E-state index in [0.717, 1.165) is 5.56 Å². The van der Waals surface area contributed by atoms with Crippen LogP contribution in [0.2, 0.25) is 5.02 Å². The molecule has 1 aromatic heterocycles. The standard InChI is InChI=1S/C22H21ClFN5O2/c23-16-7-5-15(6-8-16)20-13-29-19(14-31-20)21(25-26-29)22(30)28-11-9-27(10-12-28)18-4-2-1-3-17(18)24/h1-8,20H,9-14H2/t20-/m0/s1. The Morgan fingerprint density at radius 3 is 2.55 bits per heavy atom. The monoisotopic (exact) mass is 441 g/mol. The number of anilines is 1. The van der Waals surface area contributed by atoms with Crippen LogP contribution in [0.4, 0.5) is 10.1 Å². The summed E-state index contributed by atoms with van der Waals surface area (Å²) in [4.78, 5) is 16.8. The second-order valence-electron chi connectivity index (χ2n) is 7.65. The Kier molecular flexibility index (Phi) is 5.33. The zero-order chi connectivity index (χ0) is 21.4. The number of amides is 1. The van der Waals surface area contributed by atoms with Gasteiger partial charge in [-0.25, -0.2) is 9.07 Å². The first-order valence-electron chi connectivity index (χ1n) is 10.2. The average Bonchev–Trinajstić information content (AvgIpc) is 3.23. The van der Waals surface area contributed by atoms with Crippen LogP contribution in [0, 0.1) is 5.82 Å². The van der Waals surface area contributed by atoms with Gasteiger partial charge in [-0.15, -0.1) is 5.10 Å². The van der Waals surface area contributed by atoms with E-state index in [4.69, 9.17) is 16.3 Å². The number of piperazine rings is 1. The zero-order valence-corrected chi connectivity index (χ0v) is 17.5. The molecule has 1 amide bonds. The highest BCUT2D eigenvalue weighted by molar-refractivity contribution is 6.30. The molecule has 0 unspecified atom stereocenters. The molecule has 1 atom stereocenters. The predicted molar refractivity (Wildman–Crippen MR) is 114 cm³/mol. The maximum atomic E-state index is 14.1. The second-order valence-corrected chi connectivity index (χ2v) is 8.09. The third-order valence-corrected chi connectivity index (χ3v) is 6.05. The first-order chi connectivity index (χ1) is 15.1. The van der Waals surface area contributed by atoms with Gasteiger partial charge in [0.1, 0.15) is 11.9 Å². The van der Waals surface area contributed by atoms with Gasteiger partial charge >= 0.3 is 0 Å². The van der Waals surface area contributed by atoms with Gasteiger partial charge < -0.3 is 14.5 Å². The molecule has 2 aromatic carbocycles. The van der Waals surface area contributed by atoms with Gasteiger partial charge in [-0.3, -0.25) is 4.79 Å². The molecule has 0 spiro atoms. The number of rotatable bonds is 3. The minimum absolute atomic E-state index is 0.164. The van der Waals surface area contributed by atoms with Crippen LogP contribution >= 0.6 is 11.6 Å². The van der Waals surface area contributed by atoms with Crippen LogP contribution in [0.5, 0.6) is 0 Å². The normalized spacial score (nSPS) is 18.7. The van der Waals surface area contributed by atoms with Gasteiger partial charge in [-0.1, -0.05) is 41.1 Å². The van der Waals surface area contributed by atoms with Crippen molar-refractivity contribution in [1.82, 2.24) is 19.9 Å². The molecule has 160 valence electrons. The molecule has 2 aliphatic heterocycles. The van der Waals surface area contributed by atoms with Crippen molar-refractivity contribution in [2.24, 2.45) is 0 Å². The maximum Gasteiger partial charge on any atom is 0.276 e. The SMILES string of the molecule is O=C(c1nnn2c1CO[C@H](c1ccc(Cl)cc1)C2)N1CCN(c2ccccc2F)CC1. The Bertz CT molecular complexity index is 1100. The van der Waals surface area contributed by atoms with Crippen molar-refractivity contribution in [3.05, 3.63) is 76.3 Å². The summed E-state index contributed by atoms with van der Waals surface area (Å²) in [5.41, 5.74) is 2.58. The van der Waals surface area contributed by atoms with E-state index in [0.29, 0.717) is 54.8 Å². The molecule has 3 heterocycles. The van der Waals surface area contributed by atoms with Crippen LogP contribution < -0.4 is 4.90 Å². The van der Waals surface area contributed by atoms with Crippen molar-refractivity contribution in [1.29, 1.82) is 0 Å². The van der Waals surface area contributed by atoms with E-state index in [-0.39, 0.29) is 24.4 Å². The highest BCUT2D eigenvalue weighted by Gasteiger charge is 2.31. The fraction of sp³-hybridized carbons (Fsp3) is 0.318. The van der Waals surface area contributed by atoms with Crippen LogP contribution in [0.3, 0.4) is 0 Å². The summed E-state index contributed by atoms with van der Waals surface area (Å²) in [6.07, 6.45) is -0.168. The molecule has 9 heteroatoms. The second kappa shape index (κ2) is 8.28. The number of halogens is 2. The first-order valence-corrected chi connectivity index (χ1v) is 10.6. The Morgan fingerprint density at radius 2 is 1.81 bits per heavy atom. The molecule has 0 N–H and O–H groups in total. The van der Waals surface area contributed by atoms with E-state index < -0.39 is 0 Å². The van der Waals surface area contributed by atoms with Crippen molar-refractivity contribution in [3.63, 3.8) is 0 Å². The number of benzene rings is 2. The van der Waals surface area contributed by atoms with E-state index in [1.807, 2.05) is 35.2 Å². The summed E-state index contributed by atoms with van der Waals surface area (Å²) in [6.45, 7) is 2.85. The molecule has 7 nitrogen and oxygen atoms in total. The molecular weight excluding hydrogens is 421 g/mol. The summed E-state index contributed by atoms with van der Waals surface area (Å²) in [7, 11) is 0. The smallest absolute Gasteiger partial charge is 0.276 e. The summed E-state index contributed by atoms with van der Waals surface area (Å²) in [6, 6.07) is 14.2. The predicted octanol–water partition coefficient (Wildman–Crippen LogP) is 3.30. The lowest BCUT2D eigenvalue weighted by Gasteiger charge is -2.36. The van der Waals surface area contributed by atoms with Gasteiger partial charge in [-0.2, -0.15) is 0 Å². The molecule has 5 rings (SSSR count). The van der Waals surface area contributed by atoms with Gasteiger partial charge in [0.2, 0.25) is 0 Å². The Morgan fingerprint density at radius 1 is 1.06 bits per heavy atom. The number of aromatic nitrogens is 3. The van der Waals surface area contributed by atoms with E-state index >= 15 is 0 Å². The number of fused-ring (bicyclic) bond motifs is 1. The van der Waals surface area contributed by atoms with E-state index in [9.17, 15) is 9.18 Å². The number of ether oxygens (including phenoxy) is 1. The van der Waals surface area contributed by atoms with Crippen LogP contribution in [0.1, 0.15) is 27.8 Å². The molecule has 3 aromatic rings. The van der Waals surface area contributed by atoms with Crippen LogP contribution in [0.25, 0.3) is 0 Å². The molecule has 0 saturated carbocycles. The maximum absolute atomic E-state index is 14.1. The third kappa shape index (κ3) is 3.88. The fourth-order valence-electron chi connectivity index (χ4n) is 4.07. The summed E-state index contributed by atoms with van der Waals surface area (Å²) in [5, 5.41) is 9.02. The number of hydrogen-bond acceptors (Lipinski definition) is 5. The molecule has 2 aliphatic rings. The van der Waals surface area contributed by atoms with Crippen molar-refractivity contribution in [3.8, 4) is 0 Å². The summed E-state index contributed by atoms with van der Waals surface area (Å²) >= 11 is 5.96. The number of hydrogen-bond donors (Lipinski definition) is 0. The highest BCUT2D eigenvalue weighted by Crippen LogP contribution is 2.28. The Balaban J connectivity index is 1.26. The number of carbonyl (C=O) groups is 1. The van der Waals surface area contributed by atoms with E-state index in [1.165, 1.54) is 6.07 Å². The largest absolute Gasteiger partial charge is 0.366 e. The van der Waals surface area contributed by atoms with E-state index in [1.54, 1.807) is 21.7 Å². The molecule has 0 bridgehead atoms. The minimum atomic E-state index is -0.248. The lowest BCUT2D eigenvalue weighted by Crippen LogP contribution is -2.49. The van der Waals surface area contributed by atoms with Gasteiger partial charge in [-0.05, 0) is 29.8 Å². The molecule has 1 saturated heterocycles. The Hall–Kier alpha value is -2.97. The first kappa shape index (κ1) is 20.0. The van der Waals surface area contributed by atoms with Crippen LogP contribution in [0.15, 0.2) is 48.5 Å². The van der Waals surface area contributed by atoms with E-state index in [2.05, 4.69) is 10.3 Å². The van der Waals surface area contributed by atoms with Crippen LogP contribution in [-0.4, -0.2) is 52.0 Å². The molecule has 0 aliphatic carbocycles. The molecular formula is C22H21ClFN5O2. The molecule has 31 heavy (non-hydrogen) atoms. The quantitative estimate of drug-likeness (QED) is 0.624. The van der Waals surface area contributed by atoms with Gasteiger partial charge in [0, 0.05) is 31.2 Å². The lowest BCUT2D eigenvalue weighted by atomic mass is 10.1. The number of nitrogens with zero attached hydrogens (tertiary/aromatic N) is 5. The lowest BCUT2D eigenvalue weighted by molar-refractivity contribution is -0.00196. The van der Waals surface area contributed by atoms with Crippen molar-refractivity contribution >= 4 is 23.2 Å². The van der Waals surface area contributed by atoms with Gasteiger partial charge in [0.05, 0.1) is 24.5 Å².